The maximum Gasteiger partial charge on any atom is 0.335 e. The summed E-state index contributed by atoms with van der Waals surface area (Å²) in [5, 5.41) is 14.0. The van der Waals surface area contributed by atoms with E-state index in [0.29, 0.717) is 18.1 Å². The monoisotopic (exact) mass is 509 g/mol. The van der Waals surface area contributed by atoms with E-state index in [1.807, 2.05) is 6.92 Å². The number of aromatic carboxylic acids is 1. The topological polar surface area (TPSA) is 68.1 Å². The van der Waals surface area contributed by atoms with E-state index in [4.69, 9.17) is 9.57 Å². The van der Waals surface area contributed by atoms with E-state index in [9.17, 15) is 18.7 Å². The lowest BCUT2D eigenvalue weighted by molar-refractivity contribution is 0.0697. The summed E-state index contributed by atoms with van der Waals surface area (Å²) >= 11 is 0. The van der Waals surface area contributed by atoms with Crippen LogP contribution in [0.3, 0.4) is 0 Å². The van der Waals surface area contributed by atoms with Crippen molar-refractivity contribution in [3.63, 3.8) is 0 Å². The van der Waals surface area contributed by atoms with Gasteiger partial charge >= 0.3 is 5.97 Å². The van der Waals surface area contributed by atoms with Crippen LogP contribution in [0.1, 0.15) is 74.9 Å². The molecule has 37 heavy (non-hydrogen) atoms. The van der Waals surface area contributed by atoms with Crippen LogP contribution in [0.2, 0.25) is 0 Å². The molecule has 196 valence electrons. The Morgan fingerprint density at radius 3 is 2.38 bits per heavy atom. The van der Waals surface area contributed by atoms with Crippen LogP contribution in [0.25, 0.3) is 0 Å². The molecule has 0 spiro atoms. The van der Waals surface area contributed by atoms with Crippen LogP contribution in [-0.2, 0) is 16.2 Å². The number of rotatable bonds is 7. The Bertz CT molecular complexity index is 1290. The number of carbonyl (C=O) groups is 1. The van der Waals surface area contributed by atoms with Crippen molar-refractivity contribution in [2.75, 3.05) is 6.61 Å². The zero-order valence-electron chi connectivity index (χ0n) is 21.9. The SMILES string of the molecule is CCOC1=CC2=C(C(=NOCc3cccc(F)c3F)C1c1ccc(C(=O)O)cc1)C(C)(C)CCC2(C)C. The van der Waals surface area contributed by atoms with E-state index < -0.39 is 23.5 Å². The smallest absolute Gasteiger partial charge is 0.335 e. The third-order valence-electron chi connectivity index (χ3n) is 7.37. The summed E-state index contributed by atoms with van der Waals surface area (Å²) in [5.74, 6) is -2.67. The number of carboxylic acid groups (broad SMARTS) is 1. The number of nitrogens with zero attached hydrogens (tertiary/aromatic N) is 1. The minimum Gasteiger partial charge on any atom is -0.497 e. The highest BCUT2D eigenvalue weighted by Gasteiger charge is 2.46. The summed E-state index contributed by atoms with van der Waals surface area (Å²) in [7, 11) is 0. The van der Waals surface area contributed by atoms with E-state index in [1.165, 1.54) is 12.1 Å². The third-order valence-corrected chi connectivity index (χ3v) is 7.37. The molecule has 1 N–H and O–H groups in total. The highest BCUT2D eigenvalue weighted by Crippen LogP contribution is 2.54. The van der Waals surface area contributed by atoms with Crippen molar-refractivity contribution in [3.05, 3.63) is 93.8 Å². The van der Waals surface area contributed by atoms with Gasteiger partial charge in [-0.25, -0.2) is 13.6 Å². The van der Waals surface area contributed by atoms with Crippen molar-refractivity contribution in [2.24, 2.45) is 16.0 Å². The highest BCUT2D eigenvalue weighted by atomic mass is 19.2. The molecule has 0 saturated heterocycles. The van der Waals surface area contributed by atoms with Gasteiger partial charge in [0.1, 0.15) is 12.4 Å². The van der Waals surface area contributed by atoms with E-state index >= 15 is 0 Å². The molecule has 2 aliphatic carbocycles. The molecule has 1 atom stereocenters. The standard InChI is InChI=1S/C30H33F2NO4/c1-6-36-23-16-21-25(30(4,5)15-14-29(21,2)3)27(24(23)18-10-12-19(13-11-18)28(34)35)33-37-17-20-8-7-9-22(31)26(20)32/h7-13,16,24H,6,14-15,17H2,1-5H3,(H,34,35). The molecular weight excluding hydrogens is 476 g/mol. The van der Waals surface area contributed by atoms with Crippen LogP contribution in [0, 0.1) is 22.5 Å². The van der Waals surface area contributed by atoms with Crippen molar-refractivity contribution >= 4 is 11.7 Å². The van der Waals surface area contributed by atoms with E-state index in [2.05, 4.69) is 38.9 Å². The van der Waals surface area contributed by atoms with Crippen molar-refractivity contribution in [3.8, 4) is 0 Å². The molecule has 0 amide bonds. The Kier molecular flexibility index (Phi) is 7.27. The third kappa shape index (κ3) is 5.17. The van der Waals surface area contributed by atoms with Crippen molar-refractivity contribution < 1.29 is 28.3 Å². The van der Waals surface area contributed by atoms with Crippen LogP contribution in [0.5, 0.6) is 0 Å². The minimum absolute atomic E-state index is 0.0699. The second-order valence-electron chi connectivity index (χ2n) is 10.9. The summed E-state index contributed by atoms with van der Waals surface area (Å²) in [4.78, 5) is 17.2. The average Bonchev–Trinajstić information content (AvgIpc) is 2.84. The first kappa shape index (κ1) is 26.6. The summed E-state index contributed by atoms with van der Waals surface area (Å²) < 4.78 is 34.1. The molecule has 0 fully saturated rings. The van der Waals surface area contributed by atoms with Crippen LogP contribution in [0.4, 0.5) is 8.78 Å². The fraction of sp³-hybridized carbons (Fsp3) is 0.400. The second-order valence-corrected chi connectivity index (χ2v) is 10.9. The predicted octanol–water partition coefficient (Wildman–Crippen LogP) is 7.40. The maximum atomic E-state index is 14.3. The fourth-order valence-electron chi connectivity index (χ4n) is 5.21. The fourth-order valence-corrected chi connectivity index (χ4v) is 5.21. The molecule has 0 aromatic heterocycles. The number of halogens is 2. The zero-order chi connectivity index (χ0) is 27.0. The Labute approximate surface area is 216 Å². The number of ether oxygens (including phenoxy) is 1. The zero-order valence-corrected chi connectivity index (χ0v) is 21.9. The first-order valence-corrected chi connectivity index (χ1v) is 12.5. The lowest BCUT2D eigenvalue weighted by Gasteiger charge is -2.46. The van der Waals surface area contributed by atoms with Crippen LogP contribution < -0.4 is 0 Å². The van der Waals surface area contributed by atoms with Gasteiger partial charge in [0.2, 0.25) is 0 Å². The molecule has 1 unspecified atom stereocenters. The van der Waals surface area contributed by atoms with Gasteiger partial charge in [-0.2, -0.15) is 0 Å². The van der Waals surface area contributed by atoms with Crippen LogP contribution in [-0.4, -0.2) is 23.4 Å². The summed E-state index contributed by atoms with van der Waals surface area (Å²) in [6.45, 7) is 10.8. The molecule has 2 aromatic carbocycles. The van der Waals surface area contributed by atoms with Gasteiger partial charge in [-0.05, 0) is 71.6 Å². The van der Waals surface area contributed by atoms with Gasteiger partial charge in [0.15, 0.2) is 11.6 Å². The number of allylic oxidation sites excluding steroid dienone is 4. The Balaban J connectivity index is 1.86. The highest BCUT2D eigenvalue weighted by molar-refractivity contribution is 6.09. The van der Waals surface area contributed by atoms with E-state index in [0.717, 1.165) is 35.6 Å². The molecule has 0 radical (unpaired) electrons. The van der Waals surface area contributed by atoms with Gasteiger partial charge in [0.05, 0.1) is 23.8 Å². The lowest BCUT2D eigenvalue weighted by Crippen LogP contribution is -2.39. The Hall–Kier alpha value is -3.48. The Morgan fingerprint density at radius 2 is 1.73 bits per heavy atom. The van der Waals surface area contributed by atoms with Crippen molar-refractivity contribution in [1.82, 2.24) is 0 Å². The van der Waals surface area contributed by atoms with Crippen LogP contribution >= 0.6 is 0 Å². The minimum atomic E-state index is -1.01. The molecule has 0 bridgehead atoms. The normalized spacial score (nSPS) is 21.3. The Morgan fingerprint density at radius 1 is 1.05 bits per heavy atom. The number of benzene rings is 2. The van der Waals surface area contributed by atoms with Crippen LogP contribution in [0.15, 0.2) is 70.6 Å². The second kappa shape index (κ2) is 10.1. The van der Waals surface area contributed by atoms with Gasteiger partial charge in [-0.3, -0.25) is 0 Å². The molecule has 7 heteroatoms. The summed E-state index contributed by atoms with van der Waals surface area (Å²) in [6, 6.07) is 10.6. The van der Waals surface area contributed by atoms with Crippen molar-refractivity contribution in [2.45, 2.75) is 60.0 Å². The number of hydrogen-bond acceptors (Lipinski definition) is 4. The summed E-state index contributed by atoms with van der Waals surface area (Å²) in [6.07, 6.45) is 4.01. The van der Waals surface area contributed by atoms with Gasteiger partial charge in [-0.15, -0.1) is 0 Å². The van der Waals surface area contributed by atoms with Gasteiger partial charge in [0.25, 0.3) is 0 Å². The van der Waals surface area contributed by atoms with E-state index in [-0.39, 0.29) is 28.6 Å². The molecule has 0 aliphatic heterocycles. The lowest BCUT2D eigenvalue weighted by atomic mass is 9.58. The first-order valence-electron chi connectivity index (χ1n) is 12.5. The quantitative estimate of drug-likeness (QED) is 0.395. The van der Waals surface area contributed by atoms with E-state index in [1.54, 1.807) is 24.3 Å². The van der Waals surface area contributed by atoms with Crippen molar-refractivity contribution in [1.29, 1.82) is 0 Å². The maximum absolute atomic E-state index is 14.3. The molecule has 0 heterocycles. The van der Waals surface area contributed by atoms with Gasteiger partial charge in [0, 0.05) is 5.56 Å². The molecule has 4 rings (SSSR count). The largest absolute Gasteiger partial charge is 0.497 e. The molecule has 2 aliphatic rings. The number of hydrogen-bond donors (Lipinski definition) is 1. The average molecular weight is 510 g/mol. The molecular formula is C30H33F2NO4. The number of oxime groups is 1. The molecule has 2 aromatic rings. The van der Waals surface area contributed by atoms with Gasteiger partial charge < -0.3 is 14.7 Å². The summed E-state index contributed by atoms with van der Waals surface area (Å²) in [5.41, 5.74) is 3.47. The first-order chi connectivity index (χ1) is 17.5. The number of carboxylic acids is 1. The van der Waals surface area contributed by atoms with Gasteiger partial charge in [-0.1, -0.05) is 57.1 Å². The predicted molar refractivity (Wildman–Crippen MR) is 138 cm³/mol. The molecule has 0 saturated carbocycles. The molecule has 5 nitrogen and oxygen atoms in total.